The minimum Gasteiger partial charge on any atom is -0.341 e. The molecule has 2 aromatic heterocycles. The van der Waals surface area contributed by atoms with Gasteiger partial charge in [-0.05, 0) is 12.1 Å². The van der Waals surface area contributed by atoms with Crippen molar-refractivity contribution in [3.05, 3.63) is 52.1 Å². The third kappa shape index (κ3) is 2.63. The van der Waals surface area contributed by atoms with Crippen LogP contribution in [0.25, 0.3) is 10.9 Å². The lowest BCUT2D eigenvalue weighted by Crippen LogP contribution is -2.11. The Morgan fingerprint density at radius 1 is 1.29 bits per heavy atom. The summed E-state index contributed by atoms with van der Waals surface area (Å²) in [4.78, 5) is 15.8. The normalized spacial score (nSPS) is 12.0. The molecule has 0 bridgehead atoms. The van der Waals surface area contributed by atoms with Crippen molar-refractivity contribution in [3.8, 4) is 0 Å². The fourth-order valence-electron chi connectivity index (χ4n) is 2.36. The summed E-state index contributed by atoms with van der Waals surface area (Å²) in [5, 5.41) is 4.23. The Labute approximate surface area is 128 Å². The number of thiazole rings is 1. The van der Waals surface area contributed by atoms with E-state index in [1.807, 2.05) is 30.5 Å². The van der Waals surface area contributed by atoms with Gasteiger partial charge in [0.15, 0.2) is 6.29 Å². The Morgan fingerprint density at radius 3 is 2.76 bits per heavy atom. The lowest BCUT2D eigenvalue weighted by molar-refractivity contribution is 0.112. The van der Waals surface area contributed by atoms with E-state index >= 15 is 0 Å². The highest BCUT2D eigenvalue weighted by atomic mass is 32.1. The lowest BCUT2D eigenvalue weighted by atomic mass is 9.93. The Bertz CT molecular complexity index is 793. The van der Waals surface area contributed by atoms with E-state index in [2.05, 4.69) is 30.7 Å². The van der Waals surface area contributed by atoms with Crippen LogP contribution in [0.3, 0.4) is 0 Å². The van der Waals surface area contributed by atoms with Crippen molar-refractivity contribution in [2.75, 3.05) is 0 Å². The molecule has 0 saturated carbocycles. The molecule has 0 saturated heterocycles. The molecule has 0 radical (unpaired) electrons. The molecule has 2 heterocycles. The third-order valence-corrected chi connectivity index (χ3v) is 4.43. The highest BCUT2D eigenvalue weighted by Crippen LogP contribution is 2.25. The van der Waals surface area contributed by atoms with E-state index in [0.717, 1.165) is 40.0 Å². The molecule has 3 nitrogen and oxygen atoms in total. The predicted molar refractivity (Wildman–Crippen MR) is 87.2 cm³/mol. The highest BCUT2D eigenvalue weighted by molar-refractivity contribution is 7.09. The first-order valence-electron chi connectivity index (χ1n) is 6.97. The molecule has 0 aliphatic heterocycles. The van der Waals surface area contributed by atoms with Gasteiger partial charge in [0.25, 0.3) is 0 Å². The first-order valence-corrected chi connectivity index (χ1v) is 7.85. The van der Waals surface area contributed by atoms with Gasteiger partial charge >= 0.3 is 0 Å². The lowest BCUT2D eigenvalue weighted by Gasteiger charge is -2.14. The molecule has 0 fully saturated rings. The SMILES string of the molecule is CC(C)(C)c1csc(Cn2ccc3c(C=O)cccc32)n1. The van der Waals surface area contributed by atoms with E-state index in [-0.39, 0.29) is 5.41 Å². The van der Waals surface area contributed by atoms with Crippen molar-refractivity contribution >= 4 is 28.5 Å². The first kappa shape index (κ1) is 14.0. The Balaban J connectivity index is 1.95. The second kappa shape index (κ2) is 5.11. The van der Waals surface area contributed by atoms with E-state index in [0.29, 0.717) is 0 Å². The Kier molecular flexibility index (Phi) is 3.41. The van der Waals surface area contributed by atoms with Gasteiger partial charge in [0, 0.05) is 33.5 Å². The van der Waals surface area contributed by atoms with Crippen molar-refractivity contribution in [2.45, 2.75) is 32.7 Å². The van der Waals surface area contributed by atoms with E-state index in [4.69, 9.17) is 4.98 Å². The van der Waals surface area contributed by atoms with Crippen LogP contribution in [0.5, 0.6) is 0 Å². The summed E-state index contributed by atoms with van der Waals surface area (Å²) in [6.45, 7) is 7.26. The zero-order valence-corrected chi connectivity index (χ0v) is 13.3. The Hall–Kier alpha value is -1.94. The molecular formula is C17H18N2OS. The molecule has 4 heteroatoms. The molecule has 3 rings (SSSR count). The molecule has 0 aliphatic rings. The topological polar surface area (TPSA) is 34.9 Å². The van der Waals surface area contributed by atoms with Gasteiger partial charge in [-0.15, -0.1) is 11.3 Å². The summed E-state index contributed by atoms with van der Waals surface area (Å²) >= 11 is 1.69. The molecule has 3 aromatic rings. The number of carbonyl (C=O) groups excluding carboxylic acids is 1. The van der Waals surface area contributed by atoms with Gasteiger partial charge < -0.3 is 4.57 Å². The maximum atomic E-state index is 11.1. The Morgan fingerprint density at radius 2 is 2.10 bits per heavy atom. The van der Waals surface area contributed by atoms with Crippen LogP contribution in [0.15, 0.2) is 35.8 Å². The fourth-order valence-corrected chi connectivity index (χ4v) is 3.38. The summed E-state index contributed by atoms with van der Waals surface area (Å²) in [5.74, 6) is 0. The van der Waals surface area contributed by atoms with Gasteiger partial charge in [0.2, 0.25) is 0 Å². The van der Waals surface area contributed by atoms with Gasteiger partial charge in [0.1, 0.15) is 5.01 Å². The number of aromatic nitrogens is 2. The quantitative estimate of drug-likeness (QED) is 0.677. The van der Waals surface area contributed by atoms with Crippen LogP contribution < -0.4 is 0 Å². The minimum absolute atomic E-state index is 0.0815. The van der Waals surface area contributed by atoms with Crippen molar-refractivity contribution in [1.82, 2.24) is 9.55 Å². The van der Waals surface area contributed by atoms with E-state index in [1.54, 1.807) is 11.3 Å². The summed E-state index contributed by atoms with van der Waals surface area (Å²) in [6, 6.07) is 7.81. The zero-order chi connectivity index (χ0) is 15.0. The van der Waals surface area contributed by atoms with Crippen LogP contribution in [0.1, 0.15) is 41.8 Å². The summed E-state index contributed by atoms with van der Waals surface area (Å²) in [7, 11) is 0. The molecule has 0 unspecified atom stereocenters. The monoisotopic (exact) mass is 298 g/mol. The third-order valence-electron chi connectivity index (χ3n) is 3.60. The second-order valence-corrected chi connectivity index (χ2v) is 7.16. The maximum absolute atomic E-state index is 11.1. The maximum Gasteiger partial charge on any atom is 0.150 e. The van der Waals surface area contributed by atoms with E-state index < -0.39 is 0 Å². The number of nitrogens with zero attached hydrogens (tertiary/aromatic N) is 2. The highest BCUT2D eigenvalue weighted by Gasteiger charge is 2.17. The van der Waals surface area contributed by atoms with Gasteiger partial charge in [0.05, 0.1) is 12.2 Å². The van der Waals surface area contributed by atoms with Crippen LogP contribution in [0, 0.1) is 0 Å². The summed E-state index contributed by atoms with van der Waals surface area (Å²) in [5.41, 5.74) is 3.03. The number of hydrogen-bond acceptors (Lipinski definition) is 3. The van der Waals surface area contributed by atoms with Crippen LogP contribution in [-0.4, -0.2) is 15.8 Å². The van der Waals surface area contributed by atoms with Crippen LogP contribution in [0.2, 0.25) is 0 Å². The number of aldehydes is 1. The molecular weight excluding hydrogens is 280 g/mol. The summed E-state index contributed by atoms with van der Waals surface area (Å²) in [6.07, 6.45) is 2.93. The van der Waals surface area contributed by atoms with Crippen molar-refractivity contribution in [2.24, 2.45) is 0 Å². The van der Waals surface area contributed by atoms with E-state index in [1.165, 1.54) is 0 Å². The average Bonchev–Trinajstić information content (AvgIpc) is 3.06. The number of carbonyl (C=O) groups is 1. The van der Waals surface area contributed by atoms with Crippen molar-refractivity contribution in [3.63, 3.8) is 0 Å². The molecule has 0 aliphatic carbocycles. The van der Waals surface area contributed by atoms with E-state index in [9.17, 15) is 4.79 Å². The van der Waals surface area contributed by atoms with Crippen LogP contribution in [0.4, 0.5) is 0 Å². The van der Waals surface area contributed by atoms with Gasteiger partial charge in [-0.1, -0.05) is 32.9 Å². The molecule has 21 heavy (non-hydrogen) atoms. The van der Waals surface area contributed by atoms with Gasteiger partial charge in [-0.2, -0.15) is 0 Å². The van der Waals surface area contributed by atoms with Crippen molar-refractivity contribution in [1.29, 1.82) is 0 Å². The predicted octanol–water partition coefficient (Wildman–Crippen LogP) is 4.26. The molecule has 0 N–H and O–H groups in total. The smallest absolute Gasteiger partial charge is 0.150 e. The second-order valence-electron chi connectivity index (χ2n) is 6.22. The fraction of sp³-hybridized carbons (Fsp3) is 0.294. The number of fused-ring (bicyclic) bond motifs is 1. The standard InChI is InChI=1S/C17H18N2OS/c1-17(2,3)15-11-21-16(18-15)9-19-8-7-13-12(10-20)5-4-6-14(13)19/h4-8,10-11H,9H2,1-3H3. The molecule has 0 spiro atoms. The number of hydrogen-bond donors (Lipinski definition) is 0. The van der Waals surface area contributed by atoms with Crippen molar-refractivity contribution < 1.29 is 4.79 Å². The largest absolute Gasteiger partial charge is 0.341 e. The summed E-state index contributed by atoms with van der Waals surface area (Å²) < 4.78 is 2.15. The van der Waals surface area contributed by atoms with Gasteiger partial charge in [-0.3, -0.25) is 4.79 Å². The zero-order valence-electron chi connectivity index (χ0n) is 12.5. The average molecular weight is 298 g/mol. The molecule has 0 amide bonds. The molecule has 108 valence electrons. The molecule has 0 atom stereocenters. The minimum atomic E-state index is 0.0815. The number of benzene rings is 1. The van der Waals surface area contributed by atoms with Crippen LogP contribution >= 0.6 is 11.3 Å². The van der Waals surface area contributed by atoms with Gasteiger partial charge in [-0.25, -0.2) is 4.98 Å². The van der Waals surface area contributed by atoms with Crippen LogP contribution in [-0.2, 0) is 12.0 Å². The first-order chi connectivity index (χ1) is 9.99. The molecule has 1 aromatic carbocycles. The number of rotatable bonds is 3.